The highest BCUT2D eigenvalue weighted by molar-refractivity contribution is 5.29. The Kier molecular flexibility index (Phi) is 5.60. The van der Waals surface area contributed by atoms with Gasteiger partial charge in [0.15, 0.2) is 0 Å². The maximum absolute atomic E-state index is 14.3. The number of nitrogens with two attached hydrogens (primary N) is 1. The molecule has 0 radical (unpaired) electrons. The van der Waals surface area contributed by atoms with Gasteiger partial charge in [-0.1, -0.05) is 26.0 Å². The Balaban J connectivity index is 2.77. The van der Waals surface area contributed by atoms with E-state index in [2.05, 4.69) is 0 Å². The lowest BCUT2D eigenvalue weighted by molar-refractivity contribution is 0.188. The number of hydrogen-bond donors (Lipinski definition) is 1. The van der Waals surface area contributed by atoms with Gasteiger partial charge in [-0.05, 0) is 44.0 Å². The summed E-state index contributed by atoms with van der Waals surface area (Å²) in [6.07, 6.45) is -0.882. The van der Waals surface area contributed by atoms with E-state index in [1.165, 1.54) is 0 Å². The van der Waals surface area contributed by atoms with Gasteiger partial charge >= 0.3 is 0 Å². The molecular weight excluding hydrogens is 229 g/mol. The third-order valence-electron chi connectivity index (χ3n) is 3.07. The SMILES string of the molecule is CC(C)Oc1ccc(C(F)C(CN)C(C)C)cc1. The molecule has 0 fully saturated rings. The second-order valence-corrected chi connectivity index (χ2v) is 5.28. The van der Waals surface area contributed by atoms with Gasteiger partial charge in [0.05, 0.1) is 6.10 Å². The third-order valence-corrected chi connectivity index (χ3v) is 3.07. The largest absolute Gasteiger partial charge is 0.491 e. The molecule has 1 aromatic carbocycles. The zero-order chi connectivity index (χ0) is 13.7. The van der Waals surface area contributed by atoms with Crippen molar-refractivity contribution in [2.75, 3.05) is 6.54 Å². The Morgan fingerprint density at radius 1 is 1.11 bits per heavy atom. The van der Waals surface area contributed by atoms with E-state index in [9.17, 15) is 4.39 Å². The topological polar surface area (TPSA) is 35.2 Å². The Morgan fingerprint density at radius 3 is 2.06 bits per heavy atom. The van der Waals surface area contributed by atoms with E-state index in [0.717, 1.165) is 5.75 Å². The maximum atomic E-state index is 14.3. The predicted octanol–water partition coefficient (Wildman–Crippen LogP) is 3.72. The molecule has 0 aromatic heterocycles. The van der Waals surface area contributed by atoms with Crippen molar-refractivity contribution in [3.63, 3.8) is 0 Å². The van der Waals surface area contributed by atoms with E-state index in [1.54, 1.807) is 12.1 Å². The lowest BCUT2D eigenvalue weighted by Gasteiger charge is -2.23. The second kappa shape index (κ2) is 6.74. The first kappa shape index (κ1) is 15.0. The quantitative estimate of drug-likeness (QED) is 0.838. The molecule has 3 heteroatoms. The monoisotopic (exact) mass is 253 g/mol. The Morgan fingerprint density at radius 2 is 1.67 bits per heavy atom. The summed E-state index contributed by atoms with van der Waals surface area (Å²) in [5.74, 6) is 0.869. The zero-order valence-electron chi connectivity index (χ0n) is 11.7. The van der Waals surface area contributed by atoms with Gasteiger partial charge in [0, 0.05) is 5.92 Å². The number of ether oxygens (including phenoxy) is 1. The Hall–Kier alpha value is -1.09. The molecule has 0 amide bonds. The first-order chi connectivity index (χ1) is 8.45. The van der Waals surface area contributed by atoms with Crippen LogP contribution < -0.4 is 10.5 Å². The number of alkyl halides is 1. The van der Waals surface area contributed by atoms with E-state index in [1.807, 2.05) is 39.8 Å². The van der Waals surface area contributed by atoms with Crippen LogP contribution >= 0.6 is 0 Å². The van der Waals surface area contributed by atoms with Crippen LogP contribution in [0.5, 0.6) is 5.75 Å². The molecule has 0 saturated carbocycles. The highest BCUT2D eigenvalue weighted by Crippen LogP contribution is 2.31. The van der Waals surface area contributed by atoms with Crippen LogP contribution in [0.3, 0.4) is 0 Å². The number of halogens is 1. The molecule has 0 bridgehead atoms. The van der Waals surface area contributed by atoms with Crippen LogP contribution in [0.4, 0.5) is 4.39 Å². The Labute approximate surface area is 109 Å². The summed E-state index contributed by atoms with van der Waals surface area (Å²) < 4.78 is 19.9. The fourth-order valence-electron chi connectivity index (χ4n) is 1.98. The third kappa shape index (κ3) is 3.98. The average Bonchev–Trinajstić information content (AvgIpc) is 2.29. The second-order valence-electron chi connectivity index (χ2n) is 5.28. The van der Waals surface area contributed by atoms with E-state index in [0.29, 0.717) is 12.1 Å². The van der Waals surface area contributed by atoms with Crippen LogP contribution in [-0.4, -0.2) is 12.6 Å². The number of hydrogen-bond acceptors (Lipinski definition) is 2. The first-order valence-corrected chi connectivity index (χ1v) is 6.56. The minimum Gasteiger partial charge on any atom is -0.491 e. The van der Waals surface area contributed by atoms with Crippen molar-refractivity contribution in [3.8, 4) is 5.75 Å². The van der Waals surface area contributed by atoms with Crippen LogP contribution in [0.15, 0.2) is 24.3 Å². The standard InChI is InChI=1S/C15H24FNO/c1-10(2)14(9-17)15(16)12-5-7-13(8-6-12)18-11(3)4/h5-8,10-11,14-15H,9,17H2,1-4H3. The van der Waals surface area contributed by atoms with Crippen LogP contribution in [0, 0.1) is 11.8 Å². The maximum Gasteiger partial charge on any atom is 0.129 e. The summed E-state index contributed by atoms with van der Waals surface area (Å²) in [6, 6.07) is 7.20. The predicted molar refractivity (Wildman–Crippen MR) is 73.4 cm³/mol. The van der Waals surface area contributed by atoms with Gasteiger partial charge in [0.25, 0.3) is 0 Å². The molecule has 1 rings (SSSR count). The van der Waals surface area contributed by atoms with Crippen LogP contribution in [0.2, 0.25) is 0 Å². The molecule has 2 atom stereocenters. The van der Waals surface area contributed by atoms with E-state index in [4.69, 9.17) is 10.5 Å². The molecule has 102 valence electrons. The smallest absolute Gasteiger partial charge is 0.129 e. The zero-order valence-corrected chi connectivity index (χ0v) is 11.7. The summed E-state index contributed by atoms with van der Waals surface area (Å²) in [6.45, 7) is 8.30. The van der Waals surface area contributed by atoms with Crippen molar-refractivity contribution in [1.82, 2.24) is 0 Å². The average molecular weight is 253 g/mol. The highest BCUT2D eigenvalue weighted by atomic mass is 19.1. The molecule has 2 N–H and O–H groups in total. The normalized spacial score (nSPS) is 14.9. The van der Waals surface area contributed by atoms with Crippen molar-refractivity contribution in [2.45, 2.75) is 40.0 Å². The molecule has 0 saturated heterocycles. The summed E-state index contributed by atoms with van der Waals surface area (Å²) in [5.41, 5.74) is 6.32. The molecule has 2 nitrogen and oxygen atoms in total. The molecule has 2 unspecified atom stereocenters. The lowest BCUT2D eigenvalue weighted by Crippen LogP contribution is -2.24. The Bertz CT molecular complexity index is 348. The molecular formula is C15H24FNO. The highest BCUT2D eigenvalue weighted by Gasteiger charge is 2.24. The van der Waals surface area contributed by atoms with Gasteiger partial charge in [-0.15, -0.1) is 0 Å². The lowest BCUT2D eigenvalue weighted by atomic mass is 9.87. The minimum absolute atomic E-state index is 0.129. The van der Waals surface area contributed by atoms with Crippen LogP contribution in [0.25, 0.3) is 0 Å². The number of benzene rings is 1. The summed E-state index contributed by atoms with van der Waals surface area (Å²) >= 11 is 0. The summed E-state index contributed by atoms with van der Waals surface area (Å²) in [5, 5.41) is 0. The van der Waals surface area contributed by atoms with Gasteiger partial charge in [0.2, 0.25) is 0 Å². The summed E-state index contributed by atoms with van der Waals surface area (Å²) in [7, 11) is 0. The molecule has 0 aliphatic rings. The van der Waals surface area contributed by atoms with Crippen LogP contribution in [0.1, 0.15) is 39.4 Å². The fourth-order valence-corrected chi connectivity index (χ4v) is 1.98. The fraction of sp³-hybridized carbons (Fsp3) is 0.600. The molecule has 0 aliphatic carbocycles. The van der Waals surface area contributed by atoms with Gasteiger partial charge < -0.3 is 10.5 Å². The van der Waals surface area contributed by atoms with Gasteiger partial charge in [-0.25, -0.2) is 4.39 Å². The van der Waals surface area contributed by atoms with Gasteiger partial charge in [0.1, 0.15) is 11.9 Å². The first-order valence-electron chi connectivity index (χ1n) is 6.56. The summed E-state index contributed by atoms with van der Waals surface area (Å²) in [4.78, 5) is 0. The van der Waals surface area contributed by atoms with E-state index in [-0.39, 0.29) is 17.9 Å². The van der Waals surface area contributed by atoms with Gasteiger partial charge in [-0.3, -0.25) is 0 Å². The van der Waals surface area contributed by atoms with Gasteiger partial charge in [-0.2, -0.15) is 0 Å². The van der Waals surface area contributed by atoms with Crippen molar-refractivity contribution in [3.05, 3.63) is 29.8 Å². The molecule has 18 heavy (non-hydrogen) atoms. The molecule has 0 aliphatic heterocycles. The molecule has 0 heterocycles. The van der Waals surface area contributed by atoms with Crippen LogP contribution in [-0.2, 0) is 0 Å². The molecule has 1 aromatic rings. The van der Waals surface area contributed by atoms with Crippen molar-refractivity contribution in [1.29, 1.82) is 0 Å². The van der Waals surface area contributed by atoms with Crippen molar-refractivity contribution in [2.24, 2.45) is 17.6 Å². The molecule has 0 spiro atoms. The van der Waals surface area contributed by atoms with Crippen molar-refractivity contribution >= 4 is 0 Å². The van der Waals surface area contributed by atoms with E-state index < -0.39 is 6.17 Å². The van der Waals surface area contributed by atoms with Crippen molar-refractivity contribution < 1.29 is 9.13 Å². The van der Waals surface area contributed by atoms with E-state index >= 15 is 0 Å². The number of rotatable bonds is 6. The minimum atomic E-state index is -1.01.